The molecule has 1 aliphatic heterocycles. The first-order chi connectivity index (χ1) is 18.3. The van der Waals surface area contributed by atoms with E-state index in [-0.39, 0.29) is 34.8 Å². The van der Waals surface area contributed by atoms with Gasteiger partial charge in [-0.05, 0) is 57.1 Å². The molecule has 0 amide bonds. The number of halogens is 1. The number of hydrogen-bond donors (Lipinski definition) is 1. The molecule has 0 spiro atoms. The summed E-state index contributed by atoms with van der Waals surface area (Å²) in [4.78, 5) is 40.6. The molecule has 0 saturated carbocycles. The second-order valence-electron chi connectivity index (χ2n) is 9.73. The minimum atomic E-state index is -0.792. The third kappa shape index (κ3) is 4.56. The smallest absolute Gasteiger partial charge is 0.337 e. The summed E-state index contributed by atoms with van der Waals surface area (Å²) in [5, 5.41) is 3.40. The van der Waals surface area contributed by atoms with Gasteiger partial charge < -0.3 is 15.1 Å². The van der Waals surface area contributed by atoms with Crippen molar-refractivity contribution >= 4 is 28.4 Å². The van der Waals surface area contributed by atoms with Crippen LogP contribution in [-0.2, 0) is 13.2 Å². The molecule has 1 aliphatic rings. The standard InChI is InChI=1S/C28H32FN7O2/c1-5-35-25-22(26(37)36(28(35)38)24-18(2)7-6-8-20(24)16-29)17-30-27(32-25)31-21-9-10-23(19(3)15-21)34-13-11-33(4)12-14-34/h6-10,15,17H,5,11-14,16H2,1-4H3,(H,30,31,32). The SMILES string of the molecule is CCn1c(=O)n(-c2c(C)cccc2CF)c(=O)c2cnc(Nc3ccc(N4CCN(C)CC4)c(C)c3)nc21. The molecule has 2 aromatic carbocycles. The lowest BCUT2D eigenvalue weighted by Crippen LogP contribution is -2.44. The molecule has 0 bridgehead atoms. The van der Waals surface area contributed by atoms with E-state index in [2.05, 4.69) is 45.1 Å². The first-order valence-corrected chi connectivity index (χ1v) is 12.8. The van der Waals surface area contributed by atoms with Crippen molar-refractivity contribution in [3.8, 4) is 5.69 Å². The molecule has 0 aliphatic carbocycles. The van der Waals surface area contributed by atoms with Gasteiger partial charge in [0, 0.05) is 55.9 Å². The van der Waals surface area contributed by atoms with Crippen molar-refractivity contribution in [2.24, 2.45) is 0 Å². The van der Waals surface area contributed by atoms with Crippen LogP contribution in [0.15, 0.2) is 52.2 Å². The lowest BCUT2D eigenvalue weighted by atomic mass is 10.1. The van der Waals surface area contributed by atoms with Gasteiger partial charge in [0.2, 0.25) is 5.95 Å². The van der Waals surface area contributed by atoms with Crippen LogP contribution in [0.2, 0.25) is 0 Å². The number of rotatable bonds is 6. The lowest BCUT2D eigenvalue weighted by molar-refractivity contribution is 0.312. The average Bonchev–Trinajstić information content (AvgIpc) is 2.90. The Morgan fingerprint density at radius 1 is 1.03 bits per heavy atom. The first kappa shape index (κ1) is 25.6. The second kappa shape index (κ2) is 10.4. The van der Waals surface area contributed by atoms with Crippen molar-refractivity contribution in [3.63, 3.8) is 0 Å². The van der Waals surface area contributed by atoms with E-state index in [1.54, 1.807) is 32.0 Å². The van der Waals surface area contributed by atoms with Crippen LogP contribution >= 0.6 is 0 Å². The number of likely N-dealkylation sites (N-methyl/N-ethyl adjacent to an activating group) is 1. The van der Waals surface area contributed by atoms with Gasteiger partial charge >= 0.3 is 5.69 Å². The number of anilines is 3. The minimum absolute atomic E-state index is 0.187. The molecule has 1 N–H and O–H groups in total. The molecular weight excluding hydrogens is 485 g/mol. The molecule has 0 unspecified atom stereocenters. The summed E-state index contributed by atoms with van der Waals surface area (Å²) in [5.41, 5.74) is 3.43. The van der Waals surface area contributed by atoms with Gasteiger partial charge in [-0.2, -0.15) is 4.98 Å². The predicted octanol–water partition coefficient (Wildman–Crippen LogP) is 3.54. The van der Waals surface area contributed by atoms with Gasteiger partial charge in [0.15, 0.2) is 5.65 Å². The Labute approximate surface area is 220 Å². The molecule has 38 heavy (non-hydrogen) atoms. The van der Waals surface area contributed by atoms with Gasteiger partial charge in [-0.3, -0.25) is 9.36 Å². The highest BCUT2D eigenvalue weighted by Crippen LogP contribution is 2.26. The van der Waals surface area contributed by atoms with E-state index in [1.165, 1.54) is 16.5 Å². The molecule has 10 heteroatoms. The summed E-state index contributed by atoms with van der Waals surface area (Å²) >= 11 is 0. The van der Waals surface area contributed by atoms with Gasteiger partial charge in [0.1, 0.15) is 12.1 Å². The lowest BCUT2D eigenvalue weighted by Gasteiger charge is -2.35. The molecule has 198 valence electrons. The van der Waals surface area contributed by atoms with E-state index in [1.807, 2.05) is 12.1 Å². The fourth-order valence-corrected chi connectivity index (χ4v) is 5.10. The number of fused-ring (bicyclic) bond motifs is 1. The van der Waals surface area contributed by atoms with Crippen LogP contribution in [0.5, 0.6) is 0 Å². The first-order valence-electron chi connectivity index (χ1n) is 12.8. The number of nitrogens with zero attached hydrogens (tertiary/aromatic N) is 6. The van der Waals surface area contributed by atoms with Crippen LogP contribution in [0, 0.1) is 13.8 Å². The van der Waals surface area contributed by atoms with E-state index < -0.39 is 17.9 Å². The molecular formula is C28H32FN7O2. The highest BCUT2D eigenvalue weighted by atomic mass is 19.1. The number of hydrogen-bond acceptors (Lipinski definition) is 7. The van der Waals surface area contributed by atoms with Crippen LogP contribution in [-0.4, -0.2) is 57.2 Å². The van der Waals surface area contributed by atoms with Crippen molar-refractivity contribution in [1.82, 2.24) is 24.0 Å². The summed E-state index contributed by atoms with van der Waals surface area (Å²) in [6.07, 6.45) is 1.42. The number of nitrogens with one attached hydrogen (secondary N) is 1. The second-order valence-corrected chi connectivity index (χ2v) is 9.73. The summed E-state index contributed by atoms with van der Waals surface area (Å²) in [6.45, 7) is 9.16. The van der Waals surface area contributed by atoms with Crippen LogP contribution in [0.25, 0.3) is 16.7 Å². The molecule has 3 heterocycles. The normalized spacial score (nSPS) is 14.3. The summed E-state index contributed by atoms with van der Waals surface area (Å²) in [6, 6.07) is 11.2. The Bertz CT molecular complexity index is 1620. The highest BCUT2D eigenvalue weighted by Gasteiger charge is 2.20. The van der Waals surface area contributed by atoms with Crippen molar-refractivity contribution < 1.29 is 4.39 Å². The zero-order valence-electron chi connectivity index (χ0n) is 22.2. The van der Waals surface area contributed by atoms with Crippen molar-refractivity contribution in [2.75, 3.05) is 43.4 Å². The number of aryl methyl sites for hydroxylation is 3. The maximum atomic E-state index is 13.8. The molecule has 0 atom stereocenters. The van der Waals surface area contributed by atoms with E-state index in [0.717, 1.165) is 42.0 Å². The third-order valence-corrected chi connectivity index (χ3v) is 7.18. The minimum Gasteiger partial charge on any atom is -0.369 e. The summed E-state index contributed by atoms with van der Waals surface area (Å²) in [7, 11) is 2.14. The molecule has 1 fully saturated rings. The van der Waals surface area contributed by atoms with Gasteiger partial charge in [-0.25, -0.2) is 18.7 Å². The fourth-order valence-electron chi connectivity index (χ4n) is 5.10. The van der Waals surface area contributed by atoms with E-state index in [4.69, 9.17) is 0 Å². The Kier molecular flexibility index (Phi) is 6.98. The van der Waals surface area contributed by atoms with Crippen LogP contribution in [0.4, 0.5) is 21.7 Å². The fraction of sp³-hybridized carbons (Fsp3) is 0.357. The van der Waals surface area contributed by atoms with Gasteiger partial charge in [0.25, 0.3) is 5.56 Å². The highest BCUT2D eigenvalue weighted by molar-refractivity contribution is 5.76. The molecule has 0 radical (unpaired) electrons. The summed E-state index contributed by atoms with van der Waals surface area (Å²) in [5.74, 6) is 0.281. The Morgan fingerprint density at radius 3 is 2.47 bits per heavy atom. The molecule has 2 aromatic heterocycles. The van der Waals surface area contributed by atoms with Crippen LogP contribution in [0.3, 0.4) is 0 Å². The Hall–Kier alpha value is -4.05. The topological polar surface area (TPSA) is 88.3 Å². The largest absolute Gasteiger partial charge is 0.369 e. The Morgan fingerprint density at radius 2 is 1.79 bits per heavy atom. The van der Waals surface area contributed by atoms with Gasteiger partial charge in [-0.15, -0.1) is 0 Å². The zero-order valence-corrected chi connectivity index (χ0v) is 22.2. The number of aromatic nitrogens is 4. The predicted molar refractivity (Wildman–Crippen MR) is 149 cm³/mol. The van der Waals surface area contributed by atoms with E-state index >= 15 is 0 Å². The van der Waals surface area contributed by atoms with Gasteiger partial charge in [-0.1, -0.05) is 18.2 Å². The Balaban J connectivity index is 1.53. The maximum Gasteiger partial charge on any atom is 0.337 e. The summed E-state index contributed by atoms with van der Waals surface area (Å²) < 4.78 is 16.2. The number of para-hydroxylation sites is 1. The monoisotopic (exact) mass is 517 g/mol. The van der Waals surface area contributed by atoms with Crippen LogP contribution < -0.4 is 21.5 Å². The molecule has 9 nitrogen and oxygen atoms in total. The molecule has 4 aromatic rings. The van der Waals surface area contributed by atoms with E-state index in [9.17, 15) is 14.0 Å². The number of piperazine rings is 1. The average molecular weight is 518 g/mol. The third-order valence-electron chi connectivity index (χ3n) is 7.18. The number of alkyl halides is 1. The van der Waals surface area contributed by atoms with Crippen molar-refractivity contribution in [2.45, 2.75) is 34.0 Å². The van der Waals surface area contributed by atoms with Crippen molar-refractivity contribution in [1.29, 1.82) is 0 Å². The molecule has 5 rings (SSSR count). The van der Waals surface area contributed by atoms with Crippen LogP contribution in [0.1, 0.15) is 23.6 Å². The molecule has 1 saturated heterocycles. The maximum absolute atomic E-state index is 13.8. The van der Waals surface area contributed by atoms with Crippen molar-refractivity contribution in [3.05, 3.63) is 80.1 Å². The number of benzene rings is 2. The van der Waals surface area contributed by atoms with E-state index in [0.29, 0.717) is 5.56 Å². The zero-order chi connectivity index (χ0) is 27.0. The quantitative estimate of drug-likeness (QED) is 0.419. The van der Waals surface area contributed by atoms with Gasteiger partial charge in [0.05, 0.1) is 5.69 Å².